The van der Waals surface area contributed by atoms with E-state index in [1.54, 1.807) is 29.1 Å². The van der Waals surface area contributed by atoms with Crippen molar-refractivity contribution in [3.63, 3.8) is 0 Å². The monoisotopic (exact) mass is 234 g/mol. The van der Waals surface area contributed by atoms with Crippen molar-refractivity contribution in [1.29, 1.82) is 5.26 Å². The zero-order chi connectivity index (χ0) is 12.3. The van der Waals surface area contributed by atoms with E-state index >= 15 is 0 Å². The fourth-order valence-corrected chi connectivity index (χ4v) is 1.84. The zero-order valence-corrected chi connectivity index (χ0v) is 9.67. The molecule has 6 nitrogen and oxygen atoms in total. The summed E-state index contributed by atoms with van der Waals surface area (Å²) < 4.78 is 6.68. The molecule has 1 atom stereocenters. The van der Waals surface area contributed by atoms with Gasteiger partial charge in [0, 0.05) is 26.3 Å². The molecule has 0 radical (unpaired) electrons. The molecule has 0 spiro atoms. The molecule has 17 heavy (non-hydrogen) atoms. The molecule has 0 saturated carbocycles. The van der Waals surface area contributed by atoms with Crippen LogP contribution in [0.5, 0.6) is 0 Å². The molecule has 2 rings (SSSR count). The van der Waals surface area contributed by atoms with Crippen molar-refractivity contribution in [3.8, 4) is 6.07 Å². The topological polar surface area (TPSA) is 71.2 Å². The summed E-state index contributed by atoms with van der Waals surface area (Å²) in [6, 6.07) is 2.13. The van der Waals surface area contributed by atoms with Crippen LogP contribution in [0, 0.1) is 17.2 Å². The van der Waals surface area contributed by atoms with E-state index in [0.29, 0.717) is 26.1 Å². The van der Waals surface area contributed by atoms with E-state index in [4.69, 9.17) is 10.00 Å². The van der Waals surface area contributed by atoms with Crippen molar-refractivity contribution in [2.45, 2.75) is 13.0 Å². The largest absolute Gasteiger partial charge is 0.383 e. The van der Waals surface area contributed by atoms with Gasteiger partial charge in [-0.3, -0.25) is 9.48 Å². The summed E-state index contributed by atoms with van der Waals surface area (Å²) in [6.07, 6.45) is 3.75. The number of rotatable bonds is 4. The number of nitrogens with zero attached hydrogens (tertiary/aromatic N) is 4. The van der Waals surface area contributed by atoms with Crippen molar-refractivity contribution in [3.05, 3.63) is 12.4 Å². The van der Waals surface area contributed by atoms with Crippen molar-refractivity contribution in [1.82, 2.24) is 9.78 Å². The summed E-state index contributed by atoms with van der Waals surface area (Å²) in [6.45, 7) is 1.70. The number of carbonyl (C=O) groups is 1. The lowest BCUT2D eigenvalue weighted by Gasteiger charge is -2.12. The summed E-state index contributed by atoms with van der Waals surface area (Å²) in [5.74, 6) is -0.215. The number of carbonyl (C=O) groups excluding carboxylic acids is 1. The van der Waals surface area contributed by atoms with Crippen LogP contribution >= 0.6 is 0 Å². The Balaban J connectivity index is 2.05. The Morgan fingerprint density at radius 3 is 3.18 bits per heavy atom. The second-order valence-corrected chi connectivity index (χ2v) is 3.99. The quantitative estimate of drug-likeness (QED) is 0.756. The smallest absolute Gasteiger partial charge is 0.228 e. The first kappa shape index (κ1) is 11.6. The highest BCUT2D eigenvalue weighted by Crippen LogP contribution is 2.23. The van der Waals surface area contributed by atoms with E-state index < -0.39 is 0 Å². The SMILES string of the molecule is COCCn1cc(N2CC(C#N)CC2=O)cn1. The minimum absolute atomic E-state index is 0.0113. The molecule has 1 fully saturated rings. The third kappa shape index (κ3) is 2.45. The van der Waals surface area contributed by atoms with Gasteiger partial charge in [0.25, 0.3) is 0 Å². The lowest BCUT2D eigenvalue weighted by Crippen LogP contribution is -2.23. The second-order valence-electron chi connectivity index (χ2n) is 3.99. The first-order valence-corrected chi connectivity index (χ1v) is 5.46. The maximum Gasteiger partial charge on any atom is 0.228 e. The second kappa shape index (κ2) is 4.97. The van der Waals surface area contributed by atoms with Gasteiger partial charge in [-0.1, -0.05) is 0 Å². The van der Waals surface area contributed by atoms with Gasteiger partial charge in [0.1, 0.15) is 0 Å². The van der Waals surface area contributed by atoms with Crippen molar-refractivity contribution >= 4 is 11.6 Å². The number of amides is 1. The molecule has 0 aliphatic carbocycles. The van der Waals surface area contributed by atoms with Crippen molar-refractivity contribution in [2.75, 3.05) is 25.2 Å². The van der Waals surface area contributed by atoms with E-state index in [-0.39, 0.29) is 11.8 Å². The molecule has 1 aliphatic heterocycles. The summed E-state index contributed by atoms with van der Waals surface area (Å²) in [4.78, 5) is 13.3. The molecule has 90 valence electrons. The van der Waals surface area contributed by atoms with Crippen molar-refractivity contribution < 1.29 is 9.53 Å². The normalized spacial score (nSPS) is 19.6. The number of ether oxygens (including phenoxy) is 1. The fourth-order valence-electron chi connectivity index (χ4n) is 1.84. The number of methoxy groups -OCH3 is 1. The Morgan fingerprint density at radius 1 is 1.71 bits per heavy atom. The van der Waals surface area contributed by atoms with Crippen LogP contribution in [0.25, 0.3) is 0 Å². The number of hydrogen-bond acceptors (Lipinski definition) is 4. The van der Waals surface area contributed by atoms with Crippen LogP contribution in [0.15, 0.2) is 12.4 Å². The van der Waals surface area contributed by atoms with Crippen LogP contribution in [0.2, 0.25) is 0 Å². The van der Waals surface area contributed by atoms with Gasteiger partial charge in [-0.15, -0.1) is 0 Å². The van der Waals surface area contributed by atoms with Gasteiger partial charge in [0.05, 0.1) is 37.0 Å². The molecule has 0 N–H and O–H groups in total. The number of nitriles is 1. The summed E-state index contributed by atoms with van der Waals surface area (Å²) >= 11 is 0. The molecule has 1 unspecified atom stereocenters. The van der Waals surface area contributed by atoms with Gasteiger partial charge < -0.3 is 9.64 Å². The van der Waals surface area contributed by atoms with Gasteiger partial charge in [-0.2, -0.15) is 10.4 Å². The Hall–Kier alpha value is -1.87. The van der Waals surface area contributed by atoms with Crippen LogP contribution in [0.4, 0.5) is 5.69 Å². The Labute approximate surface area is 99.4 Å². The minimum atomic E-state index is -0.204. The highest BCUT2D eigenvalue weighted by Gasteiger charge is 2.31. The first-order valence-electron chi connectivity index (χ1n) is 5.46. The molecule has 0 bridgehead atoms. The Kier molecular flexibility index (Phi) is 3.40. The highest BCUT2D eigenvalue weighted by atomic mass is 16.5. The van der Waals surface area contributed by atoms with E-state index in [2.05, 4.69) is 11.2 Å². The van der Waals surface area contributed by atoms with Gasteiger partial charge >= 0.3 is 0 Å². The highest BCUT2D eigenvalue weighted by molar-refractivity contribution is 5.95. The average molecular weight is 234 g/mol. The Bertz CT molecular complexity index is 449. The molecule has 1 aliphatic rings. The lowest BCUT2D eigenvalue weighted by atomic mass is 10.1. The van der Waals surface area contributed by atoms with E-state index in [1.165, 1.54) is 0 Å². The third-order valence-electron chi connectivity index (χ3n) is 2.76. The summed E-state index contributed by atoms with van der Waals surface area (Å²) in [5.41, 5.74) is 0.754. The molecule has 1 saturated heterocycles. The van der Waals surface area contributed by atoms with Crippen LogP contribution in [0.3, 0.4) is 0 Å². The molecule has 1 amide bonds. The van der Waals surface area contributed by atoms with Crippen LogP contribution < -0.4 is 4.90 Å². The van der Waals surface area contributed by atoms with Gasteiger partial charge in [-0.05, 0) is 0 Å². The standard InChI is InChI=1S/C11H14N4O2/c1-17-3-2-14-8-10(6-13-14)15-7-9(5-12)4-11(15)16/h6,8-9H,2-4,7H2,1H3. The van der Waals surface area contributed by atoms with Crippen molar-refractivity contribution in [2.24, 2.45) is 5.92 Å². The first-order chi connectivity index (χ1) is 8.24. The van der Waals surface area contributed by atoms with Crippen LogP contribution in [0.1, 0.15) is 6.42 Å². The zero-order valence-electron chi connectivity index (χ0n) is 9.67. The van der Waals surface area contributed by atoms with Gasteiger partial charge in [0.15, 0.2) is 0 Å². The van der Waals surface area contributed by atoms with Crippen LogP contribution in [-0.2, 0) is 16.1 Å². The fraction of sp³-hybridized carbons (Fsp3) is 0.545. The number of anilines is 1. The average Bonchev–Trinajstić information content (AvgIpc) is 2.92. The maximum absolute atomic E-state index is 11.7. The van der Waals surface area contributed by atoms with Gasteiger partial charge in [-0.25, -0.2) is 0 Å². The Morgan fingerprint density at radius 2 is 2.53 bits per heavy atom. The number of aromatic nitrogens is 2. The summed E-state index contributed by atoms with van der Waals surface area (Å²) in [5, 5.41) is 12.9. The van der Waals surface area contributed by atoms with E-state index in [9.17, 15) is 4.79 Å². The molecule has 2 heterocycles. The predicted octanol–water partition coefficient (Wildman–Crippen LogP) is 0.406. The predicted molar refractivity (Wildman–Crippen MR) is 60.2 cm³/mol. The molecule has 1 aromatic rings. The maximum atomic E-state index is 11.7. The van der Waals surface area contributed by atoms with E-state index in [0.717, 1.165) is 5.69 Å². The lowest BCUT2D eigenvalue weighted by molar-refractivity contribution is -0.117. The van der Waals surface area contributed by atoms with Crippen LogP contribution in [-0.4, -0.2) is 35.9 Å². The summed E-state index contributed by atoms with van der Waals surface area (Å²) in [7, 11) is 1.63. The molecule has 1 aromatic heterocycles. The molecular formula is C11H14N4O2. The number of hydrogen-bond donors (Lipinski definition) is 0. The molecule has 0 aromatic carbocycles. The minimum Gasteiger partial charge on any atom is -0.383 e. The third-order valence-corrected chi connectivity index (χ3v) is 2.76. The van der Waals surface area contributed by atoms with Gasteiger partial charge in [0.2, 0.25) is 5.91 Å². The molecule has 6 heteroatoms. The van der Waals surface area contributed by atoms with E-state index in [1.807, 2.05) is 0 Å². The molecular weight excluding hydrogens is 220 g/mol.